The number of piperazine rings is 1. The van der Waals surface area contributed by atoms with Gasteiger partial charge in [0.05, 0.1) is 0 Å². The molecular weight excluding hydrogens is 346 g/mol. The fourth-order valence-electron chi connectivity index (χ4n) is 3.24. The van der Waals surface area contributed by atoms with Crippen LogP contribution in [0.1, 0.15) is 5.56 Å². The molecule has 1 aliphatic rings. The minimum atomic E-state index is 0.0170. The lowest BCUT2D eigenvalue weighted by molar-refractivity contribution is 0.194. The third-order valence-corrected chi connectivity index (χ3v) is 5.69. The Morgan fingerprint density at radius 3 is 2.77 bits per heavy atom. The normalized spacial score (nSPS) is 14.6. The van der Waals surface area contributed by atoms with Crippen molar-refractivity contribution in [2.24, 2.45) is 0 Å². The second-order valence-electron chi connectivity index (χ2n) is 6.29. The van der Waals surface area contributed by atoms with Crippen molar-refractivity contribution in [3.05, 3.63) is 53.5 Å². The lowest BCUT2D eigenvalue weighted by atomic mass is 10.1. The maximum atomic E-state index is 12.4. The summed E-state index contributed by atoms with van der Waals surface area (Å²) in [7, 11) is 0. The van der Waals surface area contributed by atoms with Crippen LogP contribution in [-0.2, 0) is 6.42 Å². The third kappa shape index (κ3) is 3.62. The maximum Gasteiger partial charge on any atom is 0.317 e. The van der Waals surface area contributed by atoms with Gasteiger partial charge in [-0.05, 0) is 40.9 Å². The smallest absolute Gasteiger partial charge is 0.317 e. The van der Waals surface area contributed by atoms with Gasteiger partial charge in [-0.2, -0.15) is 5.10 Å². The van der Waals surface area contributed by atoms with Gasteiger partial charge in [-0.15, -0.1) is 16.4 Å². The van der Waals surface area contributed by atoms with Gasteiger partial charge in [0.25, 0.3) is 0 Å². The number of rotatable bonds is 4. The molecule has 1 N–H and O–H groups in total. The van der Waals surface area contributed by atoms with E-state index in [-0.39, 0.29) is 6.03 Å². The Morgan fingerprint density at radius 1 is 1.12 bits per heavy atom. The zero-order chi connectivity index (χ0) is 17.8. The Balaban J connectivity index is 1.26. The number of amides is 2. The molecule has 1 aliphatic heterocycles. The van der Waals surface area contributed by atoms with Gasteiger partial charge in [0.15, 0.2) is 5.82 Å². The summed E-state index contributed by atoms with van der Waals surface area (Å²) >= 11 is 1.76. The van der Waals surface area contributed by atoms with Gasteiger partial charge in [-0.3, -0.25) is 0 Å². The fraction of sp³-hybridized carbons (Fsp3) is 0.316. The Labute approximate surface area is 156 Å². The zero-order valence-electron chi connectivity index (χ0n) is 14.5. The molecule has 1 fully saturated rings. The number of anilines is 1. The van der Waals surface area contributed by atoms with Gasteiger partial charge >= 0.3 is 6.03 Å². The Morgan fingerprint density at radius 2 is 1.96 bits per heavy atom. The highest BCUT2D eigenvalue weighted by molar-refractivity contribution is 7.17. The molecular formula is C19H21N5OS. The molecule has 0 radical (unpaired) electrons. The summed E-state index contributed by atoms with van der Waals surface area (Å²) in [6, 6.07) is 12.3. The molecule has 2 aromatic heterocycles. The average Bonchev–Trinajstić information content (AvgIpc) is 3.12. The van der Waals surface area contributed by atoms with Gasteiger partial charge in [0.1, 0.15) is 0 Å². The second kappa shape index (κ2) is 7.70. The largest absolute Gasteiger partial charge is 0.352 e. The number of benzene rings is 1. The monoisotopic (exact) mass is 367 g/mol. The number of nitrogens with one attached hydrogen (secondary N) is 1. The van der Waals surface area contributed by atoms with E-state index in [1.165, 1.54) is 15.6 Å². The number of carbonyl (C=O) groups excluding carboxylic acids is 1. The number of aromatic nitrogens is 2. The van der Waals surface area contributed by atoms with E-state index in [2.05, 4.69) is 50.1 Å². The van der Waals surface area contributed by atoms with Gasteiger partial charge in [-0.25, -0.2) is 4.79 Å². The van der Waals surface area contributed by atoms with Crippen LogP contribution in [0.25, 0.3) is 10.1 Å². The minimum Gasteiger partial charge on any atom is -0.352 e. The number of nitrogens with zero attached hydrogens (tertiary/aromatic N) is 4. The Kier molecular flexibility index (Phi) is 4.97. The van der Waals surface area contributed by atoms with Crippen LogP contribution in [-0.4, -0.2) is 53.9 Å². The predicted molar refractivity (Wildman–Crippen MR) is 105 cm³/mol. The van der Waals surface area contributed by atoms with Crippen molar-refractivity contribution in [1.29, 1.82) is 0 Å². The summed E-state index contributed by atoms with van der Waals surface area (Å²) in [5.41, 5.74) is 1.30. The molecule has 0 spiro atoms. The molecule has 0 saturated carbocycles. The fourth-order valence-corrected chi connectivity index (χ4v) is 4.24. The zero-order valence-corrected chi connectivity index (χ0v) is 15.3. The van der Waals surface area contributed by atoms with Crippen molar-refractivity contribution in [2.45, 2.75) is 6.42 Å². The first-order valence-corrected chi connectivity index (χ1v) is 9.70. The molecule has 0 atom stereocenters. The molecule has 2 amide bonds. The van der Waals surface area contributed by atoms with Crippen molar-refractivity contribution in [3.63, 3.8) is 0 Å². The topological polar surface area (TPSA) is 61.4 Å². The molecule has 134 valence electrons. The van der Waals surface area contributed by atoms with Crippen molar-refractivity contribution < 1.29 is 4.79 Å². The molecule has 0 bridgehead atoms. The number of thiophene rings is 1. The SMILES string of the molecule is O=C(NCCc1csc2ccccc12)N1CCN(c2cccnn2)CC1. The lowest BCUT2D eigenvalue weighted by Crippen LogP contribution is -2.52. The molecule has 26 heavy (non-hydrogen) atoms. The lowest BCUT2D eigenvalue weighted by Gasteiger charge is -2.35. The summed E-state index contributed by atoms with van der Waals surface area (Å²) in [5.74, 6) is 0.872. The highest BCUT2D eigenvalue weighted by Gasteiger charge is 2.21. The third-order valence-electron chi connectivity index (χ3n) is 4.68. The van der Waals surface area contributed by atoms with E-state index in [9.17, 15) is 4.79 Å². The number of hydrogen-bond donors (Lipinski definition) is 1. The molecule has 7 heteroatoms. The number of hydrogen-bond acceptors (Lipinski definition) is 5. The summed E-state index contributed by atoms with van der Waals surface area (Å²) in [6.45, 7) is 3.61. The minimum absolute atomic E-state index is 0.0170. The van der Waals surface area contributed by atoms with Gasteiger partial charge in [0, 0.05) is 43.6 Å². The van der Waals surface area contributed by atoms with Crippen LogP contribution >= 0.6 is 11.3 Å². The molecule has 3 heterocycles. The Hall–Kier alpha value is -2.67. The quantitative estimate of drug-likeness (QED) is 0.770. The first-order chi connectivity index (χ1) is 12.8. The predicted octanol–water partition coefficient (Wildman–Crippen LogP) is 2.77. The second-order valence-corrected chi connectivity index (χ2v) is 7.21. The van der Waals surface area contributed by atoms with E-state index in [0.29, 0.717) is 19.6 Å². The molecule has 4 rings (SSSR count). The van der Waals surface area contributed by atoms with E-state index < -0.39 is 0 Å². The highest BCUT2D eigenvalue weighted by Crippen LogP contribution is 2.25. The molecule has 0 aliphatic carbocycles. The molecule has 1 aromatic carbocycles. The van der Waals surface area contributed by atoms with E-state index in [4.69, 9.17) is 0 Å². The van der Waals surface area contributed by atoms with Crippen molar-refractivity contribution >= 4 is 33.3 Å². The van der Waals surface area contributed by atoms with Gasteiger partial charge in [-0.1, -0.05) is 18.2 Å². The standard InChI is InChI=1S/C19H21N5OS/c25-19(20-9-7-15-14-26-17-5-2-1-4-16(15)17)24-12-10-23(11-13-24)18-6-3-8-21-22-18/h1-6,8,14H,7,9-13H2,(H,20,25). The van der Waals surface area contributed by atoms with E-state index in [1.807, 2.05) is 17.0 Å². The van der Waals surface area contributed by atoms with Crippen molar-refractivity contribution in [2.75, 3.05) is 37.6 Å². The van der Waals surface area contributed by atoms with Gasteiger partial charge < -0.3 is 15.1 Å². The molecule has 1 saturated heterocycles. The number of fused-ring (bicyclic) bond motifs is 1. The van der Waals surface area contributed by atoms with E-state index in [0.717, 1.165) is 25.3 Å². The van der Waals surface area contributed by atoms with Crippen LogP contribution in [0.2, 0.25) is 0 Å². The van der Waals surface area contributed by atoms with Crippen LogP contribution in [0.15, 0.2) is 48.0 Å². The average molecular weight is 367 g/mol. The number of urea groups is 1. The summed E-state index contributed by atoms with van der Waals surface area (Å²) < 4.78 is 1.30. The van der Waals surface area contributed by atoms with E-state index >= 15 is 0 Å². The molecule has 0 unspecified atom stereocenters. The van der Waals surface area contributed by atoms with Crippen LogP contribution in [0.4, 0.5) is 10.6 Å². The van der Waals surface area contributed by atoms with Crippen LogP contribution in [0.5, 0.6) is 0 Å². The van der Waals surface area contributed by atoms with E-state index in [1.54, 1.807) is 17.5 Å². The van der Waals surface area contributed by atoms with Crippen molar-refractivity contribution in [3.8, 4) is 0 Å². The first kappa shape index (κ1) is 16.8. The van der Waals surface area contributed by atoms with Gasteiger partial charge in [0.2, 0.25) is 0 Å². The van der Waals surface area contributed by atoms with Crippen LogP contribution in [0, 0.1) is 0 Å². The van der Waals surface area contributed by atoms with Crippen LogP contribution in [0.3, 0.4) is 0 Å². The van der Waals surface area contributed by atoms with Crippen molar-refractivity contribution in [1.82, 2.24) is 20.4 Å². The first-order valence-electron chi connectivity index (χ1n) is 8.82. The summed E-state index contributed by atoms with van der Waals surface area (Å²) in [6.07, 6.45) is 2.53. The van der Waals surface area contributed by atoms with Crippen LogP contribution < -0.4 is 10.2 Å². The maximum absolute atomic E-state index is 12.4. The summed E-state index contributed by atoms with van der Waals surface area (Å²) in [4.78, 5) is 16.4. The molecule has 6 nitrogen and oxygen atoms in total. The highest BCUT2D eigenvalue weighted by atomic mass is 32.1. The summed E-state index contributed by atoms with van der Waals surface area (Å²) in [5, 5.41) is 14.6. The molecule has 3 aromatic rings. The number of carbonyl (C=O) groups is 1. The Bertz CT molecular complexity index is 874.